The molecule has 0 radical (unpaired) electrons. The van der Waals surface area contributed by atoms with Gasteiger partial charge in [-0.1, -0.05) is 35.3 Å². The molecule has 0 bridgehead atoms. The Morgan fingerprint density at radius 2 is 1.84 bits per heavy atom. The number of carboxylic acids is 1. The van der Waals surface area contributed by atoms with Crippen LogP contribution < -0.4 is 4.90 Å². The zero-order chi connectivity index (χ0) is 26.5. The van der Waals surface area contributed by atoms with Crippen LogP contribution in [0.4, 0.5) is 10.5 Å². The number of imide groups is 1. The molecule has 2 atom stereocenters. The highest BCUT2D eigenvalue weighted by molar-refractivity contribution is 7.10. The fourth-order valence-corrected chi connectivity index (χ4v) is 6.69. The third-order valence-electron chi connectivity index (χ3n) is 7.02. The van der Waals surface area contributed by atoms with E-state index in [1.165, 1.54) is 34.4 Å². The summed E-state index contributed by atoms with van der Waals surface area (Å²) in [6, 6.07) is 14.7. The zero-order valence-electron chi connectivity index (χ0n) is 19.5. The molecule has 1 spiro atoms. The van der Waals surface area contributed by atoms with Crippen LogP contribution in [0.1, 0.15) is 32.3 Å². The maximum absolute atomic E-state index is 14.2. The van der Waals surface area contributed by atoms with Gasteiger partial charge in [-0.15, -0.1) is 11.3 Å². The van der Waals surface area contributed by atoms with Crippen molar-refractivity contribution in [3.05, 3.63) is 85.5 Å². The molecular formula is C26H20Cl2N4O4S. The highest BCUT2D eigenvalue weighted by Gasteiger charge is 2.64. The minimum absolute atomic E-state index is 0.195. The van der Waals surface area contributed by atoms with Gasteiger partial charge in [0.15, 0.2) is 0 Å². The summed E-state index contributed by atoms with van der Waals surface area (Å²) in [5, 5.41) is 21.1. The minimum atomic E-state index is -1.26. The summed E-state index contributed by atoms with van der Waals surface area (Å²) in [5.74, 6) is -1.86. The molecule has 2 fully saturated rings. The fourth-order valence-electron chi connectivity index (χ4n) is 5.27. The van der Waals surface area contributed by atoms with E-state index in [0.29, 0.717) is 33.6 Å². The summed E-state index contributed by atoms with van der Waals surface area (Å²) in [4.78, 5) is 44.7. The average molecular weight is 555 g/mol. The van der Waals surface area contributed by atoms with E-state index < -0.39 is 29.4 Å². The number of benzene rings is 2. The van der Waals surface area contributed by atoms with Crippen molar-refractivity contribution < 1.29 is 19.5 Å². The normalized spacial score (nSPS) is 21.7. The van der Waals surface area contributed by atoms with Crippen molar-refractivity contribution in [3.63, 3.8) is 0 Å². The number of likely N-dealkylation sites (N-methyl/N-ethyl adjacent to an activating group) is 1. The number of halogens is 2. The molecule has 5 rings (SSSR count). The molecular weight excluding hydrogens is 535 g/mol. The topological polar surface area (TPSA) is 105 Å². The van der Waals surface area contributed by atoms with E-state index in [9.17, 15) is 24.8 Å². The number of thiophene rings is 1. The summed E-state index contributed by atoms with van der Waals surface area (Å²) in [6.45, 7) is 0.906. The Morgan fingerprint density at radius 1 is 1.16 bits per heavy atom. The second kappa shape index (κ2) is 9.47. The van der Waals surface area contributed by atoms with Crippen molar-refractivity contribution in [2.75, 3.05) is 25.0 Å². The number of carbonyl (C=O) groups excluding carboxylic acids is 2. The summed E-state index contributed by atoms with van der Waals surface area (Å²) < 4.78 is 0. The van der Waals surface area contributed by atoms with Gasteiger partial charge in [-0.25, -0.2) is 14.5 Å². The smallest absolute Gasteiger partial charge is 0.336 e. The molecule has 0 unspecified atom stereocenters. The van der Waals surface area contributed by atoms with Gasteiger partial charge in [0.1, 0.15) is 5.54 Å². The van der Waals surface area contributed by atoms with E-state index in [1.807, 2.05) is 4.90 Å². The number of hydrogen-bond donors (Lipinski definition) is 1. The van der Waals surface area contributed by atoms with Crippen molar-refractivity contribution in [3.8, 4) is 6.07 Å². The van der Waals surface area contributed by atoms with Crippen LogP contribution in [-0.2, 0) is 11.3 Å². The van der Waals surface area contributed by atoms with Crippen LogP contribution in [0, 0.1) is 11.3 Å². The third kappa shape index (κ3) is 4.16. The molecule has 11 heteroatoms. The van der Waals surface area contributed by atoms with Gasteiger partial charge < -0.3 is 10.0 Å². The van der Waals surface area contributed by atoms with Gasteiger partial charge in [0, 0.05) is 47.5 Å². The van der Waals surface area contributed by atoms with Crippen LogP contribution in [0.25, 0.3) is 0 Å². The second-order valence-electron chi connectivity index (χ2n) is 9.05. The van der Waals surface area contributed by atoms with Crippen LogP contribution >= 0.6 is 34.5 Å². The lowest BCUT2D eigenvalue weighted by molar-refractivity contribution is -0.124. The lowest BCUT2D eigenvalue weighted by Crippen LogP contribution is -2.53. The van der Waals surface area contributed by atoms with Gasteiger partial charge >= 0.3 is 12.0 Å². The summed E-state index contributed by atoms with van der Waals surface area (Å²) in [5.41, 5.74) is 0.512. The van der Waals surface area contributed by atoms with Gasteiger partial charge in [0.25, 0.3) is 5.91 Å². The molecule has 2 aromatic carbocycles. The fraction of sp³-hybridized carbons (Fsp3) is 0.231. The molecule has 0 aliphatic carbocycles. The number of hydrogen-bond acceptors (Lipinski definition) is 6. The summed E-state index contributed by atoms with van der Waals surface area (Å²) in [6.07, 6.45) is 0. The van der Waals surface area contributed by atoms with E-state index in [2.05, 4.69) is 6.07 Å². The number of carboxylic acid groups (broad SMARTS) is 1. The maximum Gasteiger partial charge on any atom is 0.336 e. The SMILES string of the molecule is CN1C(=O)N(c2cc(Cl)cc(Cl)c2)C(=O)[C@]12CN(Cc1sccc1C(=O)O)C[C@H]2c1ccc(C#N)cc1. The first-order chi connectivity index (χ1) is 17.6. The van der Waals surface area contributed by atoms with Gasteiger partial charge in [0.05, 0.1) is 22.9 Å². The molecule has 3 aromatic rings. The van der Waals surface area contributed by atoms with Crippen molar-refractivity contribution in [2.45, 2.75) is 18.0 Å². The molecule has 3 amide bonds. The molecule has 8 nitrogen and oxygen atoms in total. The number of likely N-dealkylation sites (tertiary alicyclic amines) is 1. The van der Waals surface area contributed by atoms with Crippen molar-refractivity contribution in [1.82, 2.24) is 9.80 Å². The average Bonchev–Trinajstić information content (AvgIpc) is 3.52. The molecule has 3 heterocycles. The lowest BCUT2D eigenvalue weighted by atomic mass is 9.80. The Balaban J connectivity index is 1.58. The monoisotopic (exact) mass is 554 g/mol. The number of carbonyl (C=O) groups is 3. The van der Waals surface area contributed by atoms with Crippen LogP contribution in [0.5, 0.6) is 0 Å². The van der Waals surface area contributed by atoms with Crippen LogP contribution in [-0.4, -0.2) is 58.5 Å². The van der Waals surface area contributed by atoms with Crippen molar-refractivity contribution in [1.29, 1.82) is 5.26 Å². The minimum Gasteiger partial charge on any atom is -0.478 e. The predicted octanol–water partition coefficient (Wildman–Crippen LogP) is 5.06. The molecule has 2 aliphatic heterocycles. The van der Waals surface area contributed by atoms with Gasteiger partial charge in [0.2, 0.25) is 0 Å². The standard InChI is InChI=1S/C26H20Cl2N4O4S/c1-30-25(36)32(19-9-17(27)8-18(28)10-19)24(35)26(30)14-31(13-22-20(23(33)34)6-7-37-22)12-21(26)16-4-2-15(11-29)3-5-16/h2-10,21H,12-14H2,1H3,(H,33,34)/t21-,26+/m0/s1. The van der Waals surface area contributed by atoms with Crippen LogP contribution in [0.15, 0.2) is 53.9 Å². The predicted molar refractivity (Wildman–Crippen MR) is 140 cm³/mol. The van der Waals surface area contributed by atoms with Gasteiger partial charge in [-0.2, -0.15) is 5.26 Å². The lowest BCUT2D eigenvalue weighted by Gasteiger charge is -2.34. The molecule has 37 heavy (non-hydrogen) atoms. The number of aromatic carboxylic acids is 1. The highest BCUT2D eigenvalue weighted by Crippen LogP contribution is 2.47. The number of nitrogens with zero attached hydrogens (tertiary/aromatic N) is 4. The number of anilines is 1. The highest BCUT2D eigenvalue weighted by atomic mass is 35.5. The van der Waals surface area contributed by atoms with E-state index in [1.54, 1.807) is 42.8 Å². The van der Waals surface area contributed by atoms with Gasteiger partial charge in [-0.3, -0.25) is 9.69 Å². The first kappa shape index (κ1) is 25.2. The number of amides is 3. The zero-order valence-corrected chi connectivity index (χ0v) is 21.8. The molecule has 0 saturated carbocycles. The number of rotatable bonds is 5. The van der Waals surface area contributed by atoms with Crippen molar-refractivity contribution in [2.24, 2.45) is 0 Å². The molecule has 1 N–H and O–H groups in total. The maximum atomic E-state index is 14.2. The van der Waals surface area contributed by atoms with Crippen LogP contribution in [0.2, 0.25) is 10.0 Å². The van der Waals surface area contributed by atoms with Crippen molar-refractivity contribution >= 4 is 58.1 Å². The molecule has 1 aromatic heterocycles. The van der Waals surface area contributed by atoms with Crippen LogP contribution in [0.3, 0.4) is 0 Å². The summed E-state index contributed by atoms with van der Waals surface area (Å²) >= 11 is 13.7. The summed E-state index contributed by atoms with van der Waals surface area (Å²) in [7, 11) is 1.60. The second-order valence-corrected chi connectivity index (χ2v) is 10.9. The molecule has 188 valence electrons. The molecule has 2 aliphatic rings. The quantitative estimate of drug-likeness (QED) is 0.442. The largest absolute Gasteiger partial charge is 0.478 e. The Labute approximate surface area is 226 Å². The van der Waals surface area contributed by atoms with E-state index >= 15 is 0 Å². The number of nitriles is 1. The number of urea groups is 1. The van der Waals surface area contributed by atoms with E-state index in [0.717, 1.165) is 10.5 Å². The first-order valence-electron chi connectivity index (χ1n) is 11.3. The Bertz CT molecular complexity index is 1450. The Kier molecular flexibility index (Phi) is 6.46. The van der Waals surface area contributed by atoms with E-state index in [4.69, 9.17) is 23.2 Å². The molecule has 2 saturated heterocycles. The third-order valence-corrected chi connectivity index (χ3v) is 8.36. The first-order valence-corrected chi connectivity index (χ1v) is 12.9. The van der Waals surface area contributed by atoms with E-state index in [-0.39, 0.29) is 17.8 Å². The Morgan fingerprint density at radius 3 is 2.46 bits per heavy atom. The Hall–Kier alpha value is -3.42. The van der Waals surface area contributed by atoms with Gasteiger partial charge in [-0.05, 0) is 47.3 Å².